The van der Waals surface area contributed by atoms with Crippen molar-refractivity contribution in [3.63, 3.8) is 0 Å². The summed E-state index contributed by atoms with van der Waals surface area (Å²) in [4.78, 5) is 16.9. The summed E-state index contributed by atoms with van der Waals surface area (Å²) in [6.45, 7) is 4.07. The molecule has 1 aromatic rings. The van der Waals surface area contributed by atoms with Crippen LogP contribution in [0.3, 0.4) is 0 Å². The Morgan fingerprint density at radius 3 is 3.00 bits per heavy atom. The number of urea groups is 1. The summed E-state index contributed by atoms with van der Waals surface area (Å²) in [5.41, 5.74) is 0.792. The summed E-state index contributed by atoms with van der Waals surface area (Å²) >= 11 is 0. The number of rotatable bonds is 3. The number of halogens is 1. The van der Waals surface area contributed by atoms with Gasteiger partial charge in [-0.15, -0.1) is 0 Å². The Kier molecular flexibility index (Phi) is 3.69. The fourth-order valence-electron chi connectivity index (χ4n) is 1.90. The molecule has 1 aromatic carbocycles. The lowest BCUT2D eigenvalue weighted by Gasteiger charge is -2.21. The average Bonchev–Trinajstić information content (AvgIpc) is 2.68. The number of carbonyl (C=O) groups is 1. The Bertz CT molecular complexity index is 518. The lowest BCUT2D eigenvalue weighted by atomic mass is 10.0. The fourth-order valence-corrected chi connectivity index (χ4v) is 1.90. The molecule has 19 heavy (non-hydrogen) atoms. The average molecular weight is 265 g/mol. The summed E-state index contributed by atoms with van der Waals surface area (Å²) in [6, 6.07) is 5.31. The summed E-state index contributed by atoms with van der Waals surface area (Å²) < 4.78 is 12.9. The number of benzene rings is 1. The van der Waals surface area contributed by atoms with Crippen molar-refractivity contribution in [1.82, 2.24) is 5.32 Å². The van der Waals surface area contributed by atoms with Crippen LogP contribution in [-0.4, -0.2) is 23.9 Å². The molecule has 5 nitrogen and oxygen atoms in total. The zero-order valence-electron chi connectivity index (χ0n) is 10.9. The first kappa shape index (κ1) is 13.3. The van der Waals surface area contributed by atoms with Crippen LogP contribution in [-0.2, 0) is 4.84 Å². The van der Waals surface area contributed by atoms with Crippen molar-refractivity contribution in [2.75, 3.05) is 11.9 Å². The van der Waals surface area contributed by atoms with E-state index in [9.17, 15) is 9.18 Å². The van der Waals surface area contributed by atoms with E-state index in [2.05, 4.69) is 15.8 Å². The van der Waals surface area contributed by atoms with Gasteiger partial charge in [-0.25, -0.2) is 9.18 Å². The molecule has 0 aliphatic carbocycles. The summed E-state index contributed by atoms with van der Waals surface area (Å²) in [5, 5.41) is 9.09. The van der Waals surface area contributed by atoms with Crippen LogP contribution in [0.2, 0.25) is 0 Å². The molecular formula is C13H16FN3O2. The Balaban J connectivity index is 1.82. The van der Waals surface area contributed by atoms with Crippen molar-refractivity contribution < 1.29 is 14.0 Å². The van der Waals surface area contributed by atoms with Crippen molar-refractivity contribution in [1.29, 1.82) is 0 Å². The van der Waals surface area contributed by atoms with Gasteiger partial charge in [0.2, 0.25) is 0 Å². The van der Waals surface area contributed by atoms with Crippen molar-refractivity contribution >= 4 is 17.4 Å². The summed E-state index contributed by atoms with van der Waals surface area (Å²) in [6.07, 6.45) is 0.674. The van der Waals surface area contributed by atoms with E-state index >= 15 is 0 Å². The molecular weight excluding hydrogens is 249 g/mol. The first-order chi connectivity index (χ1) is 8.97. The molecule has 0 bridgehead atoms. The molecule has 0 aromatic heterocycles. The predicted molar refractivity (Wildman–Crippen MR) is 70.6 cm³/mol. The molecule has 1 heterocycles. The van der Waals surface area contributed by atoms with Crippen LogP contribution in [0.25, 0.3) is 0 Å². The number of oxime groups is 1. The highest BCUT2D eigenvalue weighted by atomic mass is 19.1. The van der Waals surface area contributed by atoms with Crippen molar-refractivity contribution in [3.05, 3.63) is 30.1 Å². The zero-order valence-corrected chi connectivity index (χ0v) is 10.9. The third-order valence-electron chi connectivity index (χ3n) is 2.76. The lowest BCUT2D eigenvalue weighted by molar-refractivity contribution is -0.0000963. The maximum absolute atomic E-state index is 12.9. The molecule has 1 atom stereocenters. The number of carbonyl (C=O) groups excluding carboxylic acids is 1. The van der Waals surface area contributed by atoms with E-state index in [1.807, 2.05) is 13.8 Å². The van der Waals surface area contributed by atoms with Crippen LogP contribution in [0.5, 0.6) is 0 Å². The quantitative estimate of drug-likeness (QED) is 0.882. The van der Waals surface area contributed by atoms with Gasteiger partial charge in [-0.1, -0.05) is 11.2 Å². The second-order valence-corrected chi connectivity index (χ2v) is 4.86. The minimum absolute atomic E-state index is 0.328. The standard InChI is InChI=1S/C13H16FN3O2/c1-9-7-13(2,19-17-9)8-15-12(18)16-11-5-3-4-10(14)6-11/h3-6H,7-8H2,1-2H3,(H2,15,16,18)/t13-/m1/s1. The molecule has 0 radical (unpaired) electrons. The maximum Gasteiger partial charge on any atom is 0.319 e. The molecule has 2 rings (SSSR count). The van der Waals surface area contributed by atoms with Crippen LogP contribution in [0, 0.1) is 5.82 Å². The molecule has 0 spiro atoms. The van der Waals surface area contributed by atoms with Crippen LogP contribution >= 0.6 is 0 Å². The first-order valence-electron chi connectivity index (χ1n) is 5.99. The van der Waals surface area contributed by atoms with Crippen LogP contribution in [0.1, 0.15) is 20.3 Å². The Morgan fingerprint density at radius 2 is 2.37 bits per heavy atom. The smallest absolute Gasteiger partial charge is 0.319 e. The molecule has 2 amide bonds. The van der Waals surface area contributed by atoms with Gasteiger partial charge < -0.3 is 15.5 Å². The SMILES string of the molecule is CC1=NO[C@@](C)(CNC(=O)Nc2cccc(F)c2)C1. The highest BCUT2D eigenvalue weighted by Crippen LogP contribution is 2.22. The van der Waals surface area contributed by atoms with Gasteiger partial charge in [0.05, 0.1) is 12.3 Å². The van der Waals surface area contributed by atoms with E-state index < -0.39 is 17.4 Å². The van der Waals surface area contributed by atoms with Crippen molar-refractivity contribution in [3.8, 4) is 0 Å². The Morgan fingerprint density at radius 1 is 1.58 bits per heavy atom. The van der Waals surface area contributed by atoms with E-state index in [-0.39, 0.29) is 0 Å². The second kappa shape index (κ2) is 5.26. The number of anilines is 1. The topological polar surface area (TPSA) is 62.7 Å². The minimum Gasteiger partial charge on any atom is -0.387 e. The second-order valence-electron chi connectivity index (χ2n) is 4.86. The molecule has 0 fully saturated rings. The summed E-state index contributed by atoms with van der Waals surface area (Å²) in [7, 11) is 0. The van der Waals surface area contributed by atoms with Gasteiger partial charge in [0, 0.05) is 12.1 Å². The van der Waals surface area contributed by atoms with E-state index in [4.69, 9.17) is 4.84 Å². The van der Waals surface area contributed by atoms with E-state index in [0.717, 1.165) is 5.71 Å². The van der Waals surface area contributed by atoms with Crippen molar-refractivity contribution in [2.45, 2.75) is 25.9 Å². The number of hydrogen-bond acceptors (Lipinski definition) is 3. The molecule has 6 heteroatoms. The van der Waals surface area contributed by atoms with E-state index in [1.165, 1.54) is 18.2 Å². The Hall–Kier alpha value is -2.11. The highest BCUT2D eigenvalue weighted by Gasteiger charge is 2.32. The van der Waals surface area contributed by atoms with Crippen molar-refractivity contribution in [2.24, 2.45) is 5.16 Å². The fraction of sp³-hybridized carbons (Fsp3) is 0.385. The molecule has 1 aliphatic heterocycles. The van der Waals surface area contributed by atoms with Gasteiger partial charge in [-0.05, 0) is 32.0 Å². The van der Waals surface area contributed by atoms with Gasteiger partial charge in [-0.3, -0.25) is 0 Å². The van der Waals surface area contributed by atoms with E-state index in [0.29, 0.717) is 18.7 Å². The predicted octanol–water partition coefficient (Wildman–Crippen LogP) is 2.50. The number of amides is 2. The highest BCUT2D eigenvalue weighted by molar-refractivity contribution is 5.89. The molecule has 102 valence electrons. The lowest BCUT2D eigenvalue weighted by Crippen LogP contribution is -2.42. The van der Waals surface area contributed by atoms with E-state index in [1.54, 1.807) is 6.07 Å². The number of nitrogens with zero attached hydrogens (tertiary/aromatic N) is 1. The largest absolute Gasteiger partial charge is 0.387 e. The van der Waals surface area contributed by atoms with Gasteiger partial charge in [0.15, 0.2) is 5.60 Å². The number of hydrogen-bond donors (Lipinski definition) is 2. The maximum atomic E-state index is 12.9. The molecule has 2 N–H and O–H groups in total. The first-order valence-corrected chi connectivity index (χ1v) is 5.99. The monoisotopic (exact) mass is 265 g/mol. The summed E-state index contributed by atoms with van der Waals surface area (Å²) in [5.74, 6) is -0.395. The van der Waals surface area contributed by atoms with Gasteiger partial charge >= 0.3 is 6.03 Å². The molecule has 0 unspecified atom stereocenters. The van der Waals surface area contributed by atoms with Crippen LogP contribution in [0.15, 0.2) is 29.4 Å². The third kappa shape index (κ3) is 3.67. The minimum atomic E-state index is -0.511. The molecule has 0 saturated heterocycles. The van der Waals surface area contributed by atoms with Gasteiger partial charge in [-0.2, -0.15) is 0 Å². The van der Waals surface area contributed by atoms with Gasteiger partial charge in [0.1, 0.15) is 5.82 Å². The zero-order chi connectivity index (χ0) is 13.9. The Labute approximate surface area is 110 Å². The van der Waals surface area contributed by atoms with Gasteiger partial charge in [0.25, 0.3) is 0 Å². The normalized spacial score (nSPS) is 21.5. The third-order valence-corrected chi connectivity index (χ3v) is 2.76. The number of nitrogens with one attached hydrogen (secondary N) is 2. The van der Waals surface area contributed by atoms with Crippen LogP contribution < -0.4 is 10.6 Å². The molecule has 0 saturated carbocycles. The molecule has 1 aliphatic rings. The van der Waals surface area contributed by atoms with Crippen LogP contribution in [0.4, 0.5) is 14.9 Å².